The summed E-state index contributed by atoms with van der Waals surface area (Å²) in [5, 5.41) is -0.401. The third-order valence-corrected chi connectivity index (χ3v) is 1.66. The molecule has 0 saturated heterocycles. The minimum atomic E-state index is -5.01. The summed E-state index contributed by atoms with van der Waals surface area (Å²) in [5.74, 6) is -1.77. The van der Waals surface area contributed by atoms with Gasteiger partial charge in [0.15, 0.2) is 11.5 Å². The molecule has 0 amide bonds. The van der Waals surface area contributed by atoms with Crippen molar-refractivity contribution in [2.24, 2.45) is 0 Å². The maximum absolute atomic E-state index is 11.9. The summed E-state index contributed by atoms with van der Waals surface area (Å²) in [7, 11) is 0. The Balaban J connectivity index is 3.03. The van der Waals surface area contributed by atoms with E-state index >= 15 is 0 Å². The van der Waals surface area contributed by atoms with Gasteiger partial charge < -0.3 is 9.47 Å². The van der Waals surface area contributed by atoms with Crippen LogP contribution < -0.4 is 9.47 Å². The van der Waals surface area contributed by atoms with Crippen LogP contribution in [-0.4, -0.2) is 13.0 Å². The monoisotopic (exact) mass is 262 g/mol. The van der Waals surface area contributed by atoms with Gasteiger partial charge in [0.05, 0.1) is 5.02 Å². The van der Waals surface area contributed by atoms with Crippen molar-refractivity contribution in [3.05, 3.63) is 23.2 Å². The van der Waals surface area contributed by atoms with Gasteiger partial charge in [-0.15, -0.1) is 13.2 Å². The first kappa shape index (κ1) is 12.8. The van der Waals surface area contributed by atoms with Gasteiger partial charge in [-0.25, -0.2) is 0 Å². The van der Waals surface area contributed by atoms with Crippen molar-refractivity contribution in [2.75, 3.05) is 0 Å². The highest BCUT2D eigenvalue weighted by Gasteiger charge is 2.33. The van der Waals surface area contributed by atoms with E-state index in [9.17, 15) is 22.0 Å². The van der Waals surface area contributed by atoms with Gasteiger partial charge in [0.25, 0.3) is 0 Å². The van der Waals surface area contributed by atoms with Crippen LogP contribution >= 0.6 is 11.6 Å². The van der Waals surface area contributed by atoms with Gasteiger partial charge in [-0.05, 0) is 12.1 Å². The van der Waals surface area contributed by atoms with Crippen LogP contribution in [0.5, 0.6) is 11.5 Å². The SMILES string of the molecule is FC(F)Oc1c(Cl)cccc1OC(F)(F)F. The molecule has 90 valence electrons. The van der Waals surface area contributed by atoms with Crippen molar-refractivity contribution in [1.82, 2.24) is 0 Å². The van der Waals surface area contributed by atoms with Gasteiger partial charge in [0.2, 0.25) is 0 Å². The highest BCUT2D eigenvalue weighted by Crippen LogP contribution is 2.38. The number of rotatable bonds is 3. The third-order valence-electron chi connectivity index (χ3n) is 1.36. The third kappa shape index (κ3) is 3.73. The van der Waals surface area contributed by atoms with Crippen LogP contribution in [0.25, 0.3) is 0 Å². The van der Waals surface area contributed by atoms with E-state index in [-0.39, 0.29) is 0 Å². The fraction of sp³-hybridized carbons (Fsp3) is 0.250. The van der Waals surface area contributed by atoms with Crippen molar-refractivity contribution < 1.29 is 31.4 Å². The Hall–Kier alpha value is -1.24. The minimum absolute atomic E-state index is 0.401. The van der Waals surface area contributed by atoms with Gasteiger partial charge >= 0.3 is 13.0 Å². The van der Waals surface area contributed by atoms with Crippen LogP contribution in [0.3, 0.4) is 0 Å². The highest BCUT2D eigenvalue weighted by atomic mass is 35.5. The number of hydrogen-bond donors (Lipinski definition) is 0. The first-order valence-corrected chi connectivity index (χ1v) is 4.16. The molecule has 0 saturated carbocycles. The minimum Gasteiger partial charge on any atom is -0.429 e. The summed E-state index contributed by atoms with van der Waals surface area (Å²) < 4.78 is 66.7. The molecule has 0 radical (unpaired) electrons. The lowest BCUT2D eigenvalue weighted by Gasteiger charge is -2.14. The molecule has 0 aliphatic heterocycles. The summed E-state index contributed by atoms with van der Waals surface area (Å²) in [6.07, 6.45) is -5.01. The Morgan fingerprint density at radius 1 is 1.19 bits per heavy atom. The molecule has 1 aromatic carbocycles. The molecular weight excluding hydrogens is 259 g/mol. The Labute approximate surface area is 91.5 Å². The lowest BCUT2D eigenvalue weighted by molar-refractivity contribution is -0.275. The van der Waals surface area contributed by atoms with E-state index in [1.165, 1.54) is 0 Å². The second-order valence-corrected chi connectivity index (χ2v) is 2.90. The maximum Gasteiger partial charge on any atom is 0.573 e. The number of alkyl halides is 5. The van der Waals surface area contributed by atoms with Gasteiger partial charge in [0, 0.05) is 0 Å². The van der Waals surface area contributed by atoms with Crippen molar-refractivity contribution in [1.29, 1.82) is 0 Å². The van der Waals surface area contributed by atoms with Crippen molar-refractivity contribution >= 4 is 11.6 Å². The number of ether oxygens (including phenoxy) is 2. The summed E-state index contributed by atoms with van der Waals surface area (Å²) in [6, 6.07) is 3.03. The molecule has 0 unspecified atom stereocenters. The summed E-state index contributed by atoms with van der Waals surface area (Å²) >= 11 is 5.40. The van der Waals surface area contributed by atoms with E-state index in [0.29, 0.717) is 0 Å². The van der Waals surface area contributed by atoms with Crippen molar-refractivity contribution in [2.45, 2.75) is 13.0 Å². The Bertz CT molecular complexity index is 366. The topological polar surface area (TPSA) is 18.5 Å². The molecule has 0 atom stereocenters. The first-order valence-electron chi connectivity index (χ1n) is 3.78. The fourth-order valence-corrected chi connectivity index (χ4v) is 1.11. The molecular formula is C8H4ClF5O2. The predicted octanol–water partition coefficient (Wildman–Crippen LogP) is 3.84. The standard InChI is InChI=1S/C8H4ClF5O2/c9-4-2-1-3-5(16-8(12,13)14)6(4)15-7(10)11/h1-3,7H. The maximum atomic E-state index is 11.9. The van der Waals surface area contributed by atoms with E-state index in [1.54, 1.807) is 0 Å². The lowest BCUT2D eigenvalue weighted by Crippen LogP contribution is -2.18. The van der Waals surface area contributed by atoms with Crippen LogP contribution in [0.2, 0.25) is 5.02 Å². The van der Waals surface area contributed by atoms with E-state index in [0.717, 1.165) is 18.2 Å². The first-order chi connectivity index (χ1) is 7.29. The average molecular weight is 263 g/mol. The molecule has 1 rings (SSSR count). The molecule has 0 aliphatic rings. The smallest absolute Gasteiger partial charge is 0.429 e. The number of para-hydroxylation sites is 1. The van der Waals surface area contributed by atoms with E-state index in [4.69, 9.17) is 11.6 Å². The number of halogens is 6. The molecule has 0 spiro atoms. The van der Waals surface area contributed by atoms with E-state index in [2.05, 4.69) is 9.47 Å². The molecule has 0 aliphatic carbocycles. The zero-order valence-electron chi connectivity index (χ0n) is 7.39. The van der Waals surface area contributed by atoms with Crippen molar-refractivity contribution in [3.8, 4) is 11.5 Å². The fourth-order valence-electron chi connectivity index (χ4n) is 0.898. The van der Waals surface area contributed by atoms with E-state index < -0.39 is 29.5 Å². The van der Waals surface area contributed by atoms with Gasteiger partial charge in [0.1, 0.15) is 0 Å². The van der Waals surface area contributed by atoms with Gasteiger partial charge in [-0.3, -0.25) is 0 Å². The second kappa shape index (κ2) is 4.73. The van der Waals surface area contributed by atoms with Gasteiger partial charge in [-0.1, -0.05) is 17.7 Å². The summed E-state index contributed by atoms with van der Waals surface area (Å²) in [6.45, 7) is -3.30. The van der Waals surface area contributed by atoms with Crippen LogP contribution in [-0.2, 0) is 0 Å². The zero-order valence-corrected chi connectivity index (χ0v) is 8.15. The quantitative estimate of drug-likeness (QED) is 0.771. The molecule has 0 aromatic heterocycles. The molecule has 8 heteroatoms. The van der Waals surface area contributed by atoms with Crippen LogP contribution in [0.15, 0.2) is 18.2 Å². The molecule has 0 heterocycles. The van der Waals surface area contributed by atoms with Gasteiger partial charge in [-0.2, -0.15) is 8.78 Å². The van der Waals surface area contributed by atoms with Crippen LogP contribution in [0.4, 0.5) is 22.0 Å². The molecule has 0 fully saturated rings. The van der Waals surface area contributed by atoms with E-state index in [1.807, 2.05) is 0 Å². The Morgan fingerprint density at radius 3 is 2.31 bits per heavy atom. The zero-order chi connectivity index (χ0) is 12.3. The average Bonchev–Trinajstić information content (AvgIpc) is 2.08. The second-order valence-electron chi connectivity index (χ2n) is 2.49. The number of hydrogen-bond acceptors (Lipinski definition) is 2. The molecule has 1 aromatic rings. The Morgan fingerprint density at radius 2 is 1.81 bits per heavy atom. The Kier molecular flexibility index (Phi) is 3.79. The normalized spacial score (nSPS) is 11.7. The molecule has 16 heavy (non-hydrogen) atoms. The largest absolute Gasteiger partial charge is 0.573 e. The summed E-state index contributed by atoms with van der Waals surface area (Å²) in [4.78, 5) is 0. The summed E-state index contributed by atoms with van der Waals surface area (Å²) in [5.41, 5.74) is 0. The lowest BCUT2D eigenvalue weighted by atomic mass is 10.3. The number of benzene rings is 1. The van der Waals surface area contributed by atoms with Crippen LogP contribution in [0.1, 0.15) is 0 Å². The molecule has 0 bridgehead atoms. The van der Waals surface area contributed by atoms with Crippen molar-refractivity contribution in [3.63, 3.8) is 0 Å². The molecule has 0 N–H and O–H groups in total. The van der Waals surface area contributed by atoms with Crippen LogP contribution in [0, 0.1) is 0 Å². The highest BCUT2D eigenvalue weighted by molar-refractivity contribution is 6.32. The predicted molar refractivity (Wildman–Crippen MR) is 44.8 cm³/mol. The molecule has 2 nitrogen and oxygen atoms in total.